The summed E-state index contributed by atoms with van der Waals surface area (Å²) in [6, 6.07) is 0. The maximum Gasteiger partial charge on any atom is 0.306 e. The van der Waals surface area contributed by atoms with E-state index in [0.717, 1.165) is 89.9 Å². The minimum atomic E-state index is -0.811. The van der Waals surface area contributed by atoms with Crippen LogP contribution in [0.2, 0.25) is 0 Å². The van der Waals surface area contributed by atoms with Gasteiger partial charge in [0.1, 0.15) is 13.2 Å². The van der Waals surface area contributed by atoms with Crippen molar-refractivity contribution in [3.05, 3.63) is 122 Å². The average Bonchev–Trinajstić information content (AvgIpc) is 3.24. The van der Waals surface area contributed by atoms with Gasteiger partial charge in [0.2, 0.25) is 0 Å². The van der Waals surface area contributed by atoms with Crippen LogP contribution in [-0.4, -0.2) is 37.2 Å². The molecule has 60 heavy (non-hydrogen) atoms. The molecule has 336 valence electrons. The summed E-state index contributed by atoms with van der Waals surface area (Å²) in [4.78, 5) is 37.8. The highest BCUT2D eigenvalue weighted by Gasteiger charge is 2.19. The lowest BCUT2D eigenvalue weighted by molar-refractivity contribution is -0.167. The maximum atomic E-state index is 12.7. The van der Waals surface area contributed by atoms with Crippen molar-refractivity contribution in [2.45, 2.75) is 187 Å². The second-order valence-electron chi connectivity index (χ2n) is 15.2. The van der Waals surface area contributed by atoms with Crippen molar-refractivity contribution in [3.63, 3.8) is 0 Å². The molecule has 0 aromatic heterocycles. The molecule has 0 saturated heterocycles. The van der Waals surface area contributed by atoms with Crippen molar-refractivity contribution in [2.75, 3.05) is 13.2 Å². The third-order valence-electron chi connectivity index (χ3n) is 9.44. The van der Waals surface area contributed by atoms with Crippen LogP contribution in [0.25, 0.3) is 0 Å². The van der Waals surface area contributed by atoms with Crippen LogP contribution in [0, 0.1) is 0 Å². The number of carbonyl (C=O) groups is 3. The molecule has 6 nitrogen and oxygen atoms in total. The lowest BCUT2D eigenvalue weighted by Gasteiger charge is -2.18. The van der Waals surface area contributed by atoms with E-state index in [9.17, 15) is 14.4 Å². The van der Waals surface area contributed by atoms with E-state index in [1.54, 1.807) is 0 Å². The van der Waals surface area contributed by atoms with Gasteiger partial charge in [-0.3, -0.25) is 14.4 Å². The summed E-state index contributed by atoms with van der Waals surface area (Å²) in [5, 5.41) is 0. The molecule has 1 unspecified atom stereocenters. The number of carbonyl (C=O) groups excluding carboxylic acids is 3. The van der Waals surface area contributed by atoms with Gasteiger partial charge in [0, 0.05) is 19.3 Å². The van der Waals surface area contributed by atoms with E-state index in [4.69, 9.17) is 14.2 Å². The van der Waals surface area contributed by atoms with E-state index >= 15 is 0 Å². The smallest absolute Gasteiger partial charge is 0.306 e. The molecular formula is C54H84O6. The molecule has 0 fully saturated rings. The molecule has 0 heterocycles. The number of allylic oxidation sites excluding steroid dienone is 20. The fraction of sp³-hybridized carbons (Fsp3) is 0.574. The first kappa shape index (κ1) is 55.8. The van der Waals surface area contributed by atoms with E-state index in [2.05, 4.69) is 57.2 Å². The molecule has 0 spiro atoms. The molecule has 0 amide bonds. The molecule has 0 aromatic carbocycles. The lowest BCUT2D eigenvalue weighted by Crippen LogP contribution is -2.30. The molecular weight excluding hydrogens is 745 g/mol. The zero-order chi connectivity index (χ0) is 43.7. The summed E-state index contributed by atoms with van der Waals surface area (Å²) in [5.74, 6) is -0.989. The van der Waals surface area contributed by atoms with Crippen molar-refractivity contribution in [1.29, 1.82) is 0 Å². The Morgan fingerprint density at radius 1 is 0.350 bits per heavy atom. The fourth-order valence-electron chi connectivity index (χ4n) is 5.90. The highest BCUT2D eigenvalue weighted by atomic mass is 16.6. The number of esters is 3. The van der Waals surface area contributed by atoms with Gasteiger partial charge in [-0.25, -0.2) is 0 Å². The fourth-order valence-corrected chi connectivity index (χ4v) is 5.90. The Hall–Kier alpha value is -4.19. The number of rotatable bonds is 40. The van der Waals surface area contributed by atoms with Gasteiger partial charge in [0.25, 0.3) is 0 Å². The van der Waals surface area contributed by atoms with Gasteiger partial charge in [0.15, 0.2) is 6.10 Å². The SMILES string of the molecule is CC\C=C/C=C\C=C/C=C\C=C/CCCCCC(=O)OC(COC(=O)CCCCCCC\C=C/C=C\C=C/C=C\C=C/CCC)COC(=O)CCCCCCCCCCC. The van der Waals surface area contributed by atoms with Gasteiger partial charge >= 0.3 is 17.9 Å². The second kappa shape index (κ2) is 47.5. The Balaban J connectivity index is 4.51. The maximum absolute atomic E-state index is 12.7. The van der Waals surface area contributed by atoms with Crippen LogP contribution < -0.4 is 0 Å². The predicted molar refractivity (Wildman–Crippen MR) is 256 cm³/mol. The number of hydrogen-bond donors (Lipinski definition) is 0. The molecule has 0 rings (SSSR count). The van der Waals surface area contributed by atoms with E-state index in [1.807, 2.05) is 85.1 Å². The quantitative estimate of drug-likeness (QED) is 0.0265. The minimum absolute atomic E-state index is 0.107. The summed E-state index contributed by atoms with van der Waals surface area (Å²) in [6.45, 7) is 6.30. The van der Waals surface area contributed by atoms with Crippen LogP contribution in [0.4, 0.5) is 0 Å². The van der Waals surface area contributed by atoms with Crippen LogP contribution in [0.15, 0.2) is 122 Å². The molecule has 0 aliphatic carbocycles. The zero-order valence-corrected chi connectivity index (χ0v) is 38.2. The highest BCUT2D eigenvalue weighted by Crippen LogP contribution is 2.13. The molecule has 0 N–H and O–H groups in total. The van der Waals surface area contributed by atoms with E-state index in [0.29, 0.717) is 19.3 Å². The van der Waals surface area contributed by atoms with Gasteiger partial charge in [0.05, 0.1) is 0 Å². The van der Waals surface area contributed by atoms with Gasteiger partial charge < -0.3 is 14.2 Å². The van der Waals surface area contributed by atoms with Gasteiger partial charge in [-0.2, -0.15) is 0 Å². The van der Waals surface area contributed by atoms with Gasteiger partial charge in [-0.1, -0.05) is 226 Å². The molecule has 0 aliphatic heterocycles. The van der Waals surface area contributed by atoms with Crippen molar-refractivity contribution in [1.82, 2.24) is 0 Å². The Labute approximate surface area is 367 Å². The van der Waals surface area contributed by atoms with Crippen LogP contribution in [0.5, 0.6) is 0 Å². The Morgan fingerprint density at radius 2 is 0.683 bits per heavy atom. The summed E-state index contributed by atoms with van der Waals surface area (Å²) in [7, 11) is 0. The average molecular weight is 829 g/mol. The van der Waals surface area contributed by atoms with Gasteiger partial charge in [-0.15, -0.1) is 0 Å². The van der Waals surface area contributed by atoms with Crippen molar-refractivity contribution >= 4 is 17.9 Å². The van der Waals surface area contributed by atoms with Crippen LogP contribution in [0.1, 0.15) is 181 Å². The molecule has 0 aromatic rings. The zero-order valence-electron chi connectivity index (χ0n) is 38.2. The van der Waals surface area contributed by atoms with E-state index in [1.165, 1.54) is 44.9 Å². The summed E-state index contributed by atoms with van der Waals surface area (Å²) >= 11 is 0. The van der Waals surface area contributed by atoms with E-state index in [-0.39, 0.29) is 37.5 Å². The molecule has 6 heteroatoms. The summed E-state index contributed by atoms with van der Waals surface area (Å²) < 4.78 is 16.7. The monoisotopic (exact) mass is 829 g/mol. The highest BCUT2D eigenvalue weighted by molar-refractivity contribution is 5.71. The second-order valence-corrected chi connectivity index (χ2v) is 15.2. The summed E-state index contributed by atoms with van der Waals surface area (Å²) in [6.07, 6.45) is 64.6. The first-order chi connectivity index (χ1) is 29.5. The van der Waals surface area contributed by atoms with Gasteiger partial charge in [-0.05, 0) is 57.8 Å². The number of unbranched alkanes of at least 4 members (excludes halogenated alkanes) is 17. The summed E-state index contributed by atoms with van der Waals surface area (Å²) in [5.41, 5.74) is 0. The van der Waals surface area contributed by atoms with Crippen LogP contribution in [-0.2, 0) is 28.6 Å². The predicted octanol–water partition coefficient (Wildman–Crippen LogP) is 15.4. The van der Waals surface area contributed by atoms with Crippen LogP contribution in [0.3, 0.4) is 0 Å². The molecule has 1 atom stereocenters. The largest absolute Gasteiger partial charge is 0.462 e. The first-order valence-corrected chi connectivity index (χ1v) is 23.7. The first-order valence-electron chi connectivity index (χ1n) is 23.7. The third kappa shape index (κ3) is 44.9. The Kier molecular flexibility index (Phi) is 44.2. The number of hydrogen-bond acceptors (Lipinski definition) is 6. The molecule has 0 aliphatic rings. The van der Waals surface area contributed by atoms with Crippen LogP contribution >= 0.6 is 0 Å². The van der Waals surface area contributed by atoms with Crippen molar-refractivity contribution in [3.8, 4) is 0 Å². The Morgan fingerprint density at radius 3 is 1.10 bits per heavy atom. The van der Waals surface area contributed by atoms with Crippen molar-refractivity contribution in [2.24, 2.45) is 0 Å². The van der Waals surface area contributed by atoms with E-state index < -0.39 is 6.10 Å². The molecule has 0 radical (unpaired) electrons. The molecule has 0 bridgehead atoms. The number of ether oxygens (including phenoxy) is 3. The molecule has 0 saturated carbocycles. The van der Waals surface area contributed by atoms with Crippen molar-refractivity contribution < 1.29 is 28.6 Å². The third-order valence-corrected chi connectivity index (χ3v) is 9.44. The standard InChI is InChI=1S/C54H84O6/c1-4-7-10-13-16-19-21-23-25-26-27-29-30-32-35-38-41-44-47-53(56)59-50-51(49-58-52(55)46-43-40-37-34-18-15-12-9-6-3)60-54(57)48-45-42-39-36-33-31-28-24-22-20-17-14-11-8-5-2/h8,10-11,13-14,16-17,19-29,31,33,51H,4-7,9,12,15,18,30,32,34-50H2,1-3H3/b11-8-,13-10-,17-14-,19-16-,22-20-,23-21-,26-25-,28-24-,29-27-,33-31-. The normalized spacial score (nSPS) is 13.2. The minimum Gasteiger partial charge on any atom is -0.462 e. The lowest BCUT2D eigenvalue weighted by atomic mass is 10.1. The Bertz CT molecular complexity index is 1320. The topological polar surface area (TPSA) is 78.9 Å².